The maximum atomic E-state index is 10.4. The smallest absolute Gasteiger partial charge is 0.229 e. The summed E-state index contributed by atoms with van der Waals surface area (Å²) >= 11 is 0. The molecule has 0 fully saturated rings. The molecule has 0 saturated carbocycles. The van der Waals surface area contributed by atoms with Crippen LogP contribution < -0.4 is 5.32 Å². The Hall–Kier alpha value is -0.860. The summed E-state index contributed by atoms with van der Waals surface area (Å²) in [5.41, 5.74) is 0. The molecular weight excluding hydrogens is 106 g/mol. The molecule has 0 aromatic carbocycles. The molecule has 1 atom stereocenters. The van der Waals surface area contributed by atoms with E-state index in [1.54, 1.807) is 6.92 Å². The lowest BCUT2D eigenvalue weighted by Gasteiger charge is -1.97. The first-order chi connectivity index (χ1) is 3.72. The van der Waals surface area contributed by atoms with Gasteiger partial charge in [0.25, 0.3) is 0 Å². The van der Waals surface area contributed by atoms with E-state index >= 15 is 0 Å². The summed E-state index contributed by atoms with van der Waals surface area (Å²) in [6.45, 7) is 1.55. The standard InChI is InChI=1S/C5H9NO2/c1-4(3-7)5(8)6-2/h3-4H,1-2H3,(H,6,8). The monoisotopic (exact) mass is 115 g/mol. The highest BCUT2D eigenvalue weighted by molar-refractivity contribution is 5.90. The maximum Gasteiger partial charge on any atom is 0.229 e. The van der Waals surface area contributed by atoms with Crippen molar-refractivity contribution in [3.63, 3.8) is 0 Å². The Bertz CT molecular complexity index is 101. The van der Waals surface area contributed by atoms with E-state index in [0.717, 1.165) is 0 Å². The molecule has 1 N–H and O–H groups in total. The van der Waals surface area contributed by atoms with Crippen molar-refractivity contribution >= 4 is 12.2 Å². The molecule has 0 radical (unpaired) electrons. The number of hydrogen-bond acceptors (Lipinski definition) is 2. The van der Waals surface area contributed by atoms with Gasteiger partial charge in [0.15, 0.2) is 0 Å². The van der Waals surface area contributed by atoms with Gasteiger partial charge in [-0.15, -0.1) is 0 Å². The summed E-state index contributed by atoms with van der Waals surface area (Å²) in [5, 5.41) is 2.35. The van der Waals surface area contributed by atoms with Crippen LogP contribution in [0, 0.1) is 5.92 Å². The van der Waals surface area contributed by atoms with Crippen LogP contribution in [0.4, 0.5) is 0 Å². The number of carbonyl (C=O) groups is 2. The minimum Gasteiger partial charge on any atom is -0.359 e. The van der Waals surface area contributed by atoms with Gasteiger partial charge in [-0.05, 0) is 6.92 Å². The summed E-state index contributed by atoms with van der Waals surface area (Å²) in [6.07, 6.45) is 0.610. The van der Waals surface area contributed by atoms with Gasteiger partial charge in [-0.2, -0.15) is 0 Å². The van der Waals surface area contributed by atoms with E-state index in [1.165, 1.54) is 7.05 Å². The number of rotatable bonds is 2. The van der Waals surface area contributed by atoms with Crippen molar-refractivity contribution in [1.82, 2.24) is 5.32 Å². The van der Waals surface area contributed by atoms with Crippen molar-refractivity contribution in [2.45, 2.75) is 6.92 Å². The molecule has 0 aromatic heterocycles. The molecule has 1 amide bonds. The first-order valence-corrected chi connectivity index (χ1v) is 2.39. The fourth-order valence-corrected chi connectivity index (χ4v) is 0.289. The first-order valence-electron chi connectivity index (χ1n) is 2.39. The highest BCUT2D eigenvalue weighted by atomic mass is 16.2. The molecule has 0 rings (SSSR count). The van der Waals surface area contributed by atoms with Crippen LogP contribution >= 0.6 is 0 Å². The lowest BCUT2D eigenvalue weighted by atomic mass is 10.2. The molecule has 0 bridgehead atoms. The van der Waals surface area contributed by atoms with Crippen LogP contribution in [0.5, 0.6) is 0 Å². The second-order valence-corrected chi connectivity index (χ2v) is 1.54. The minimum atomic E-state index is -0.514. The van der Waals surface area contributed by atoms with E-state index in [9.17, 15) is 9.59 Å². The Morgan fingerprint density at radius 3 is 2.38 bits per heavy atom. The normalized spacial score (nSPS) is 12.2. The topological polar surface area (TPSA) is 46.2 Å². The molecule has 0 aromatic rings. The molecule has 0 aliphatic carbocycles. The Labute approximate surface area is 48.1 Å². The minimum absolute atomic E-state index is 0.236. The van der Waals surface area contributed by atoms with Crippen LogP contribution in [0.15, 0.2) is 0 Å². The number of nitrogens with one attached hydrogen (secondary N) is 1. The van der Waals surface area contributed by atoms with E-state index in [4.69, 9.17) is 0 Å². The Kier molecular flexibility index (Phi) is 2.84. The summed E-state index contributed by atoms with van der Waals surface area (Å²) in [6, 6.07) is 0. The second kappa shape index (κ2) is 3.18. The molecule has 8 heavy (non-hydrogen) atoms. The van der Waals surface area contributed by atoms with Crippen LogP contribution in [0.3, 0.4) is 0 Å². The third-order valence-electron chi connectivity index (χ3n) is 0.864. The molecule has 3 heteroatoms. The summed E-state index contributed by atoms with van der Waals surface area (Å²) in [5.74, 6) is -0.750. The zero-order valence-corrected chi connectivity index (χ0v) is 4.97. The molecule has 0 aliphatic rings. The summed E-state index contributed by atoms with van der Waals surface area (Å²) in [4.78, 5) is 20.2. The third-order valence-corrected chi connectivity index (χ3v) is 0.864. The average Bonchev–Trinajstić information content (AvgIpc) is 1.84. The SMILES string of the molecule is CNC(=O)C(C)C=O. The Morgan fingerprint density at radius 2 is 2.25 bits per heavy atom. The van der Waals surface area contributed by atoms with Gasteiger partial charge in [0.1, 0.15) is 6.29 Å². The molecule has 0 aliphatic heterocycles. The van der Waals surface area contributed by atoms with Gasteiger partial charge in [-0.25, -0.2) is 0 Å². The highest BCUT2D eigenvalue weighted by Crippen LogP contribution is 1.85. The lowest BCUT2D eigenvalue weighted by Crippen LogP contribution is -2.25. The quantitative estimate of drug-likeness (QED) is 0.392. The highest BCUT2D eigenvalue weighted by Gasteiger charge is 2.06. The predicted octanol–water partition coefficient (Wildman–Crippen LogP) is -0.433. The van der Waals surface area contributed by atoms with Gasteiger partial charge in [-0.3, -0.25) is 4.79 Å². The largest absolute Gasteiger partial charge is 0.359 e. The molecular formula is C5H9NO2. The van der Waals surface area contributed by atoms with E-state index in [0.29, 0.717) is 6.29 Å². The molecule has 3 nitrogen and oxygen atoms in total. The van der Waals surface area contributed by atoms with Crippen molar-refractivity contribution in [2.75, 3.05) is 7.05 Å². The van der Waals surface area contributed by atoms with Gasteiger partial charge in [0.2, 0.25) is 5.91 Å². The predicted molar refractivity (Wildman–Crippen MR) is 29.3 cm³/mol. The van der Waals surface area contributed by atoms with Gasteiger partial charge in [0, 0.05) is 7.05 Å². The number of carbonyl (C=O) groups excluding carboxylic acids is 2. The van der Waals surface area contributed by atoms with Crippen LogP contribution in [0.25, 0.3) is 0 Å². The third kappa shape index (κ3) is 1.73. The number of amides is 1. The first kappa shape index (κ1) is 7.14. The second-order valence-electron chi connectivity index (χ2n) is 1.54. The fraction of sp³-hybridized carbons (Fsp3) is 0.600. The van der Waals surface area contributed by atoms with Gasteiger partial charge >= 0.3 is 0 Å². The van der Waals surface area contributed by atoms with Crippen LogP contribution in [0.1, 0.15) is 6.92 Å². The van der Waals surface area contributed by atoms with Crippen molar-refractivity contribution in [3.8, 4) is 0 Å². The Balaban J connectivity index is 3.62. The average molecular weight is 115 g/mol. The van der Waals surface area contributed by atoms with Crippen LogP contribution in [-0.4, -0.2) is 19.2 Å². The van der Waals surface area contributed by atoms with Crippen molar-refractivity contribution in [3.05, 3.63) is 0 Å². The van der Waals surface area contributed by atoms with Crippen molar-refractivity contribution in [2.24, 2.45) is 5.92 Å². The van der Waals surface area contributed by atoms with E-state index in [2.05, 4.69) is 5.32 Å². The molecule has 0 heterocycles. The Morgan fingerprint density at radius 1 is 1.75 bits per heavy atom. The maximum absolute atomic E-state index is 10.4. The van der Waals surface area contributed by atoms with Crippen LogP contribution in [0.2, 0.25) is 0 Å². The van der Waals surface area contributed by atoms with E-state index < -0.39 is 5.92 Å². The van der Waals surface area contributed by atoms with Crippen LogP contribution in [-0.2, 0) is 9.59 Å². The lowest BCUT2D eigenvalue weighted by molar-refractivity contribution is -0.127. The molecule has 1 unspecified atom stereocenters. The van der Waals surface area contributed by atoms with Crippen molar-refractivity contribution < 1.29 is 9.59 Å². The number of aldehydes is 1. The van der Waals surface area contributed by atoms with E-state index in [1.807, 2.05) is 0 Å². The zero-order chi connectivity index (χ0) is 6.57. The summed E-state index contributed by atoms with van der Waals surface area (Å²) in [7, 11) is 1.50. The molecule has 46 valence electrons. The molecule has 0 saturated heterocycles. The van der Waals surface area contributed by atoms with Gasteiger partial charge < -0.3 is 10.1 Å². The van der Waals surface area contributed by atoms with Gasteiger partial charge in [0.05, 0.1) is 5.92 Å². The summed E-state index contributed by atoms with van der Waals surface area (Å²) < 4.78 is 0. The van der Waals surface area contributed by atoms with E-state index in [-0.39, 0.29) is 5.91 Å². The van der Waals surface area contributed by atoms with Crippen molar-refractivity contribution in [1.29, 1.82) is 0 Å². The van der Waals surface area contributed by atoms with Gasteiger partial charge in [-0.1, -0.05) is 0 Å². The zero-order valence-electron chi connectivity index (χ0n) is 4.97. The number of hydrogen-bond donors (Lipinski definition) is 1. The fourth-order valence-electron chi connectivity index (χ4n) is 0.289. The molecule has 0 spiro atoms.